The SMILES string of the molecule is Cc1cccc(C)c1NC(=O)C(=O)N/N=C/c1cccc(OCC(N)=O)c1. The molecule has 0 atom stereocenters. The fourth-order valence-electron chi connectivity index (χ4n) is 2.24. The number of aryl methyl sites for hydroxylation is 2. The van der Waals surface area contributed by atoms with E-state index in [1.165, 1.54) is 6.21 Å². The first-order valence-electron chi connectivity index (χ1n) is 8.08. The van der Waals surface area contributed by atoms with E-state index in [9.17, 15) is 14.4 Å². The Kier molecular flexibility index (Phi) is 6.65. The van der Waals surface area contributed by atoms with Gasteiger partial charge in [-0.2, -0.15) is 5.10 Å². The van der Waals surface area contributed by atoms with Gasteiger partial charge in [0.1, 0.15) is 5.75 Å². The van der Waals surface area contributed by atoms with Crippen LogP contribution in [-0.2, 0) is 14.4 Å². The van der Waals surface area contributed by atoms with E-state index in [1.54, 1.807) is 24.3 Å². The molecule has 0 fully saturated rings. The molecular weight excluding hydrogens is 348 g/mol. The van der Waals surface area contributed by atoms with Gasteiger partial charge in [0.2, 0.25) is 0 Å². The highest BCUT2D eigenvalue weighted by Gasteiger charge is 2.15. The molecule has 4 N–H and O–H groups in total. The molecule has 2 aromatic carbocycles. The van der Waals surface area contributed by atoms with Gasteiger partial charge in [-0.05, 0) is 42.7 Å². The summed E-state index contributed by atoms with van der Waals surface area (Å²) in [6.45, 7) is 3.44. The molecule has 0 aliphatic carbocycles. The van der Waals surface area contributed by atoms with Crippen molar-refractivity contribution in [3.8, 4) is 5.75 Å². The van der Waals surface area contributed by atoms with Crippen LogP contribution in [0.2, 0.25) is 0 Å². The van der Waals surface area contributed by atoms with Gasteiger partial charge in [0.25, 0.3) is 5.91 Å². The van der Waals surface area contributed by atoms with E-state index in [-0.39, 0.29) is 6.61 Å². The van der Waals surface area contributed by atoms with Gasteiger partial charge in [0, 0.05) is 5.69 Å². The zero-order valence-corrected chi connectivity index (χ0v) is 15.0. The van der Waals surface area contributed by atoms with Crippen LogP contribution in [0.5, 0.6) is 5.75 Å². The quantitative estimate of drug-likeness (QED) is 0.403. The molecule has 0 aliphatic rings. The maximum absolute atomic E-state index is 12.0. The van der Waals surface area contributed by atoms with Crippen LogP contribution in [0, 0.1) is 13.8 Å². The van der Waals surface area contributed by atoms with Crippen molar-refractivity contribution in [3.05, 3.63) is 59.2 Å². The van der Waals surface area contributed by atoms with E-state index in [4.69, 9.17) is 10.5 Å². The molecule has 2 aromatic rings. The van der Waals surface area contributed by atoms with Gasteiger partial charge < -0.3 is 15.8 Å². The molecule has 8 heteroatoms. The van der Waals surface area contributed by atoms with E-state index >= 15 is 0 Å². The maximum Gasteiger partial charge on any atom is 0.329 e. The van der Waals surface area contributed by atoms with Crippen LogP contribution in [0.3, 0.4) is 0 Å². The minimum Gasteiger partial charge on any atom is -0.484 e. The molecule has 27 heavy (non-hydrogen) atoms. The highest BCUT2D eigenvalue weighted by Crippen LogP contribution is 2.19. The van der Waals surface area contributed by atoms with Gasteiger partial charge in [-0.3, -0.25) is 14.4 Å². The summed E-state index contributed by atoms with van der Waals surface area (Å²) in [6, 6.07) is 12.2. The van der Waals surface area contributed by atoms with Crippen molar-refractivity contribution >= 4 is 29.6 Å². The zero-order valence-electron chi connectivity index (χ0n) is 15.0. The Morgan fingerprint density at radius 3 is 2.41 bits per heavy atom. The molecule has 8 nitrogen and oxygen atoms in total. The lowest BCUT2D eigenvalue weighted by Gasteiger charge is -2.10. The van der Waals surface area contributed by atoms with Crippen LogP contribution in [0.4, 0.5) is 5.69 Å². The Morgan fingerprint density at radius 2 is 1.74 bits per heavy atom. The normalized spacial score (nSPS) is 10.4. The molecule has 0 saturated heterocycles. The van der Waals surface area contributed by atoms with Crippen molar-refractivity contribution in [1.29, 1.82) is 0 Å². The molecule has 0 radical (unpaired) electrons. The molecule has 0 saturated carbocycles. The highest BCUT2D eigenvalue weighted by atomic mass is 16.5. The van der Waals surface area contributed by atoms with Gasteiger partial charge in [-0.1, -0.05) is 30.3 Å². The lowest BCUT2D eigenvalue weighted by Crippen LogP contribution is -2.32. The molecule has 0 bridgehead atoms. The molecule has 0 aromatic heterocycles. The minimum atomic E-state index is -0.893. The Labute approximate surface area is 156 Å². The first-order chi connectivity index (χ1) is 12.9. The third-order valence-corrected chi connectivity index (χ3v) is 3.54. The zero-order chi connectivity index (χ0) is 19.8. The third kappa shape index (κ3) is 5.96. The van der Waals surface area contributed by atoms with Gasteiger partial charge in [0.15, 0.2) is 6.61 Å². The van der Waals surface area contributed by atoms with Crippen LogP contribution in [0.1, 0.15) is 16.7 Å². The Hall–Kier alpha value is -3.68. The Morgan fingerprint density at radius 1 is 1.07 bits per heavy atom. The minimum absolute atomic E-state index is 0.240. The third-order valence-electron chi connectivity index (χ3n) is 3.54. The maximum atomic E-state index is 12.0. The number of hydrogen-bond acceptors (Lipinski definition) is 5. The summed E-state index contributed by atoms with van der Waals surface area (Å²) < 4.78 is 5.17. The Balaban J connectivity index is 1.93. The fourth-order valence-corrected chi connectivity index (χ4v) is 2.24. The summed E-state index contributed by atoms with van der Waals surface area (Å²) in [5, 5.41) is 6.33. The number of ether oxygens (including phenoxy) is 1. The highest BCUT2D eigenvalue weighted by molar-refractivity contribution is 6.39. The molecule has 0 heterocycles. The van der Waals surface area contributed by atoms with Gasteiger partial charge in [-0.25, -0.2) is 5.43 Å². The van der Waals surface area contributed by atoms with Crippen LogP contribution in [0.15, 0.2) is 47.6 Å². The smallest absolute Gasteiger partial charge is 0.329 e. The second kappa shape index (κ2) is 9.14. The number of hydrogen-bond donors (Lipinski definition) is 3. The molecule has 2 rings (SSSR count). The van der Waals surface area contributed by atoms with E-state index in [2.05, 4.69) is 15.8 Å². The number of carbonyl (C=O) groups excluding carboxylic acids is 3. The molecule has 140 valence electrons. The van der Waals surface area contributed by atoms with E-state index in [0.717, 1.165) is 11.1 Å². The lowest BCUT2D eigenvalue weighted by molar-refractivity contribution is -0.136. The summed E-state index contributed by atoms with van der Waals surface area (Å²) >= 11 is 0. The van der Waals surface area contributed by atoms with Gasteiger partial charge in [0.05, 0.1) is 6.21 Å². The van der Waals surface area contributed by atoms with Crippen LogP contribution < -0.4 is 21.2 Å². The second-order valence-electron chi connectivity index (χ2n) is 5.75. The average molecular weight is 368 g/mol. The summed E-state index contributed by atoms with van der Waals surface area (Å²) in [4.78, 5) is 34.6. The number of primary amides is 1. The number of para-hydroxylation sites is 1. The number of carbonyl (C=O) groups is 3. The van der Waals surface area contributed by atoms with E-state index in [1.807, 2.05) is 32.0 Å². The largest absolute Gasteiger partial charge is 0.484 e. The van der Waals surface area contributed by atoms with Crippen LogP contribution >= 0.6 is 0 Å². The van der Waals surface area contributed by atoms with Crippen molar-refractivity contribution < 1.29 is 19.1 Å². The monoisotopic (exact) mass is 368 g/mol. The van der Waals surface area contributed by atoms with E-state index < -0.39 is 17.7 Å². The van der Waals surface area contributed by atoms with Crippen molar-refractivity contribution in [2.45, 2.75) is 13.8 Å². The summed E-state index contributed by atoms with van der Waals surface area (Å²) in [7, 11) is 0. The van der Waals surface area contributed by atoms with Crippen molar-refractivity contribution in [1.82, 2.24) is 5.43 Å². The number of amides is 3. The molecular formula is C19H20N4O4. The first kappa shape index (κ1) is 19.6. The number of nitrogens with zero attached hydrogens (tertiary/aromatic N) is 1. The number of anilines is 1. The van der Waals surface area contributed by atoms with Crippen molar-refractivity contribution in [3.63, 3.8) is 0 Å². The number of nitrogens with one attached hydrogen (secondary N) is 2. The summed E-state index contributed by atoms with van der Waals surface area (Å²) in [6.07, 6.45) is 1.35. The molecule has 0 aliphatic heterocycles. The van der Waals surface area contributed by atoms with Crippen LogP contribution in [-0.4, -0.2) is 30.5 Å². The Bertz CT molecular complexity index is 873. The molecule has 3 amide bonds. The fraction of sp³-hybridized carbons (Fsp3) is 0.158. The number of hydrazone groups is 1. The second-order valence-corrected chi connectivity index (χ2v) is 5.75. The number of rotatable bonds is 6. The summed E-state index contributed by atoms with van der Waals surface area (Å²) in [5.74, 6) is -1.87. The number of nitrogens with two attached hydrogens (primary N) is 1. The number of benzene rings is 2. The van der Waals surface area contributed by atoms with Crippen LogP contribution in [0.25, 0.3) is 0 Å². The van der Waals surface area contributed by atoms with Crippen molar-refractivity contribution in [2.75, 3.05) is 11.9 Å². The predicted molar refractivity (Wildman–Crippen MR) is 101 cm³/mol. The topological polar surface area (TPSA) is 123 Å². The first-order valence-corrected chi connectivity index (χ1v) is 8.08. The molecule has 0 unspecified atom stereocenters. The average Bonchev–Trinajstić information content (AvgIpc) is 2.63. The molecule has 0 spiro atoms. The standard InChI is InChI=1S/C19H20N4O4/c1-12-5-3-6-13(2)17(12)22-18(25)19(26)23-21-10-14-7-4-8-15(9-14)27-11-16(20)24/h3-10H,11H2,1-2H3,(H2,20,24)(H,22,25)(H,23,26)/b21-10+. The van der Waals surface area contributed by atoms with Gasteiger partial charge in [-0.15, -0.1) is 0 Å². The summed E-state index contributed by atoms with van der Waals surface area (Å²) in [5.41, 5.74) is 10.1. The van der Waals surface area contributed by atoms with Gasteiger partial charge >= 0.3 is 11.8 Å². The van der Waals surface area contributed by atoms with Crippen molar-refractivity contribution in [2.24, 2.45) is 10.8 Å². The predicted octanol–water partition coefficient (Wildman–Crippen LogP) is 1.26. The lowest BCUT2D eigenvalue weighted by atomic mass is 10.1. The van der Waals surface area contributed by atoms with E-state index in [0.29, 0.717) is 17.0 Å².